The van der Waals surface area contributed by atoms with E-state index in [0.29, 0.717) is 17.5 Å². The van der Waals surface area contributed by atoms with E-state index in [0.717, 1.165) is 49.1 Å². The zero-order valence-electron chi connectivity index (χ0n) is 23.5. The summed E-state index contributed by atoms with van der Waals surface area (Å²) in [7, 11) is 0. The number of nitrogens with zero attached hydrogens (tertiary/aromatic N) is 5. The van der Waals surface area contributed by atoms with Crippen molar-refractivity contribution in [2.75, 3.05) is 0 Å². The van der Waals surface area contributed by atoms with Gasteiger partial charge in [-0.3, -0.25) is 0 Å². The van der Waals surface area contributed by atoms with E-state index in [1.165, 1.54) is 21.5 Å². The fourth-order valence-corrected chi connectivity index (χ4v) is 6.19. The molecule has 0 atom stereocenters. The van der Waals surface area contributed by atoms with Crippen LogP contribution < -0.4 is 0 Å². The van der Waals surface area contributed by atoms with Gasteiger partial charge in [0.1, 0.15) is 6.33 Å². The average molecular weight is 562 g/mol. The quantitative estimate of drug-likeness (QED) is 0.201. The molecule has 0 saturated heterocycles. The summed E-state index contributed by atoms with van der Waals surface area (Å²) in [4.78, 5) is 24.0. The van der Waals surface area contributed by atoms with Crippen molar-refractivity contribution in [2.24, 2.45) is 0 Å². The van der Waals surface area contributed by atoms with E-state index >= 15 is 0 Å². The predicted octanol–water partition coefficient (Wildman–Crippen LogP) is 9.43. The second kappa shape index (κ2) is 9.75. The average Bonchev–Trinajstić information content (AvgIpc) is 3.09. The van der Waals surface area contributed by atoms with E-state index in [1.807, 2.05) is 24.4 Å². The normalized spacial score (nSPS) is 11.6. The molecule has 7 aromatic carbocycles. The highest BCUT2D eigenvalue weighted by atomic mass is 15.0. The van der Waals surface area contributed by atoms with Crippen molar-refractivity contribution in [1.82, 2.24) is 24.9 Å². The third-order valence-corrected chi connectivity index (χ3v) is 8.37. The first-order chi connectivity index (χ1) is 21.8. The number of aromatic nitrogens is 5. The van der Waals surface area contributed by atoms with Gasteiger partial charge in [-0.25, -0.2) is 24.9 Å². The molecule has 5 heteroatoms. The number of hydrogen-bond acceptors (Lipinski definition) is 5. The maximum atomic E-state index is 5.18. The molecule has 0 N–H and O–H groups in total. The Morgan fingerprint density at radius 1 is 0.386 bits per heavy atom. The summed E-state index contributed by atoms with van der Waals surface area (Å²) in [5.74, 6) is 1.87. The van der Waals surface area contributed by atoms with Crippen molar-refractivity contribution < 1.29 is 0 Å². The summed E-state index contributed by atoms with van der Waals surface area (Å²) in [6.45, 7) is 0. The van der Waals surface area contributed by atoms with Gasteiger partial charge in [0, 0.05) is 28.3 Å². The minimum atomic E-state index is 0.603. The topological polar surface area (TPSA) is 64.5 Å². The Kier molecular flexibility index (Phi) is 5.43. The SMILES string of the molecule is c1ccc2cc3c(-c4nc(-c5ccc6ncncc6c5)nc(-c5cccc6cc7ccccc7cc56)n4)cccc3cc2c1. The minimum absolute atomic E-state index is 0.603. The van der Waals surface area contributed by atoms with Gasteiger partial charge in [-0.2, -0.15) is 0 Å². The molecule has 5 nitrogen and oxygen atoms in total. The zero-order chi connectivity index (χ0) is 29.0. The molecule has 0 saturated carbocycles. The standard InChI is InChI=1S/C39H23N5/c1-3-9-26-20-34-28(17-24(26)7-1)11-5-13-32(34)38-42-37(30-15-16-36-31(19-30)22-40-23-41-36)43-39(44-38)33-14-6-12-29-18-25-8-2-4-10-27(25)21-35(29)33/h1-23H. The molecule has 0 amide bonds. The van der Waals surface area contributed by atoms with Gasteiger partial charge in [0.05, 0.1) is 5.52 Å². The predicted molar refractivity (Wildman–Crippen MR) is 179 cm³/mol. The second-order valence-electron chi connectivity index (χ2n) is 11.1. The van der Waals surface area contributed by atoms with Gasteiger partial charge in [-0.1, -0.05) is 84.9 Å². The van der Waals surface area contributed by atoms with Gasteiger partial charge in [0.15, 0.2) is 17.5 Å². The van der Waals surface area contributed by atoms with Gasteiger partial charge in [-0.05, 0) is 85.6 Å². The highest BCUT2D eigenvalue weighted by Gasteiger charge is 2.17. The number of benzene rings is 7. The molecule has 0 aliphatic heterocycles. The Labute approximate surface area is 252 Å². The molecule has 9 aromatic rings. The van der Waals surface area contributed by atoms with Crippen LogP contribution in [0.5, 0.6) is 0 Å². The molecule has 0 fully saturated rings. The highest BCUT2D eigenvalue weighted by molar-refractivity contribution is 6.06. The molecule has 0 unspecified atom stereocenters. The van der Waals surface area contributed by atoms with Crippen LogP contribution in [-0.2, 0) is 0 Å². The summed E-state index contributed by atoms with van der Waals surface area (Å²) in [6.07, 6.45) is 3.38. The molecule has 204 valence electrons. The molecule has 2 heterocycles. The van der Waals surface area contributed by atoms with Crippen molar-refractivity contribution in [3.05, 3.63) is 140 Å². The Morgan fingerprint density at radius 2 is 0.909 bits per heavy atom. The van der Waals surface area contributed by atoms with Crippen LogP contribution in [0.3, 0.4) is 0 Å². The van der Waals surface area contributed by atoms with Gasteiger partial charge >= 0.3 is 0 Å². The fraction of sp³-hybridized carbons (Fsp3) is 0. The third-order valence-electron chi connectivity index (χ3n) is 8.37. The Bertz CT molecular complexity index is 2440. The largest absolute Gasteiger partial charge is 0.244 e. The minimum Gasteiger partial charge on any atom is -0.244 e. The summed E-state index contributed by atoms with van der Waals surface area (Å²) in [5.41, 5.74) is 3.69. The van der Waals surface area contributed by atoms with Crippen LogP contribution >= 0.6 is 0 Å². The van der Waals surface area contributed by atoms with E-state index < -0.39 is 0 Å². The van der Waals surface area contributed by atoms with E-state index in [1.54, 1.807) is 6.33 Å². The zero-order valence-corrected chi connectivity index (χ0v) is 23.5. The summed E-state index contributed by atoms with van der Waals surface area (Å²) >= 11 is 0. The van der Waals surface area contributed by atoms with E-state index in [9.17, 15) is 0 Å². The first-order valence-corrected chi connectivity index (χ1v) is 14.6. The summed E-state index contributed by atoms with van der Waals surface area (Å²) in [6, 6.07) is 44.5. The maximum Gasteiger partial charge on any atom is 0.164 e. The van der Waals surface area contributed by atoms with Crippen molar-refractivity contribution in [1.29, 1.82) is 0 Å². The molecule has 0 bridgehead atoms. The maximum absolute atomic E-state index is 5.18. The Balaban J connectivity index is 1.33. The Hall–Kier alpha value is -6.07. The van der Waals surface area contributed by atoms with Crippen LogP contribution in [0.25, 0.3) is 88.2 Å². The van der Waals surface area contributed by atoms with Crippen LogP contribution in [0.1, 0.15) is 0 Å². The van der Waals surface area contributed by atoms with Gasteiger partial charge in [0.2, 0.25) is 0 Å². The monoisotopic (exact) mass is 561 g/mol. The molecule has 0 aliphatic carbocycles. The first-order valence-electron chi connectivity index (χ1n) is 14.6. The van der Waals surface area contributed by atoms with Crippen LogP contribution in [0.4, 0.5) is 0 Å². The van der Waals surface area contributed by atoms with Gasteiger partial charge < -0.3 is 0 Å². The van der Waals surface area contributed by atoms with Crippen LogP contribution in [0.15, 0.2) is 140 Å². The van der Waals surface area contributed by atoms with Crippen molar-refractivity contribution in [3.8, 4) is 34.2 Å². The van der Waals surface area contributed by atoms with Crippen molar-refractivity contribution >= 4 is 54.0 Å². The second-order valence-corrected chi connectivity index (χ2v) is 11.1. The smallest absolute Gasteiger partial charge is 0.164 e. The van der Waals surface area contributed by atoms with Crippen molar-refractivity contribution in [2.45, 2.75) is 0 Å². The molecule has 0 spiro atoms. The lowest BCUT2D eigenvalue weighted by molar-refractivity contribution is 1.08. The fourth-order valence-electron chi connectivity index (χ4n) is 6.19. The van der Waals surface area contributed by atoms with Crippen molar-refractivity contribution in [3.63, 3.8) is 0 Å². The summed E-state index contributed by atoms with van der Waals surface area (Å²) < 4.78 is 0. The summed E-state index contributed by atoms with van der Waals surface area (Å²) in [5, 5.41) is 10.2. The van der Waals surface area contributed by atoms with E-state index in [-0.39, 0.29) is 0 Å². The lowest BCUT2D eigenvalue weighted by Gasteiger charge is -2.13. The molecule has 0 aliphatic rings. The number of rotatable bonds is 3. The Morgan fingerprint density at radius 3 is 1.50 bits per heavy atom. The van der Waals surface area contributed by atoms with E-state index in [4.69, 9.17) is 15.0 Å². The van der Waals surface area contributed by atoms with Crippen LogP contribution in [0.2, 0.25) is 0 Å². The van der Waals surface area contributed by atoms with Gasteiger partial charge in [-0.15, -0.1) is 0 Å². The van der Waals surface area contributed by atoms with Crippen LogP contribution in [-0.4, -0.2) is 24.9 Å². The molecule has 44 heavy (non-hydrogen) atoms. The lowest BCUT2D eigenvalue weighted by atomic mass is 9.98. The molecule has 9 rings (SSSR count). The molecular formula is C39H23N5. The van der Waals surface area contributed by atoms with Gasteiger partial charge in [0.25, 0.3) is 0 Å². The number of hydrogen-bond donors (Lipinski definition) is 0. The lowest BCUT2D eigenvalue weighted by Crippen LogP contribution is -2.01. The highest BCUT2D eigenvalue weighted by Crippen LogP contribution is 2.35. The molecule has 2 aromatic heterocycles. The van der Waals surface area contributed by atoms with Crippen LogP contribution in [0, 0.1) is 0 Å². The molecule has 0 radical (unpaired) electrons. The van der Waals surface area contributed by atoms with E-state index in [2.05, 4.69) is 119 Å². The third kappa shape index (κ3) is 4.06. The molecular weight excluding hydrogens is 538 g/mol. The number of fused-ring (bicyclic) bond motifs is 5. The first kappa shape index (κ1) is 24.5.